The average Bonchev–Trinajstić information content (AvgIpc) is 3.44. The fraction of sp³-hybridized carbons (Fsp3) is 0.240. The van der Waals surface area contributed by atoms with Crippen molar-refractivity contribution in [2.75, 3.05) is 27.2 Å². The normalized spacial score (nSPS) is 16.4. The predicted octanol–water partition coefficient (Wildman–Crippen LogP) is 4.35. The van der Waals surface area contributed by atoms with E-state index in [-0.39, 0.29) is 23.3 Å². The quantitative estimate of drug-likeness (QED) is 0.505. The third-order valence-electron chi connectivity index (χ3n) is 6.22. The van der Waals surface area contributed by atoms with E-state index in [1.54, 1.807) is 36.3 Å². The number of likely N-dealkylation sites (tertiary alicyclic amines) is 1. The van der Waals surface area contributed by atoms with Gasteiger partial charge in [-0.15, -0.1) is 0 Å². The molecule has 0 spiro atoms. The zero-order chi connectivity index (χ0) is 23.1. The van der Waals surface area contributed by atoms with Gasteiger partial charge in [0.25, 0.3) is 5.91 Å². The van der Waals surface area contributed by atoms with Gasteiger partial charge < -0.3 is 14.8 Å². The van der Waals surface area contributed by atoms with Gasteiger partial charge in [0.2, 0.25) is 0 Å². The van der Waals surface area contributed by atoms with Crippen LogP contribution in [-0.2, 0) is 0 Å². The second-order valence-corrected chi connectivity index (χ2v) is 8.52. The van der Waals surface area contributed by atoms with E-state index in [1.807, 2.05) is 13.1 Å². The SMILES string of the molecule is CN1CCC(N(C)C(=O)c2ccc(-c3cncc(-c4cc5ccc(F)cc5[nH]4)n3)c(F)c2)C1. The molecule has 6 nitrogen and oxygen atoms in total. The van der Waals surface area contributed by atoms with E-state index in [4.69, 9.17) is 0 Å². The number of amides is 1. The van der Waals surface area contributed by atoms with Crippen molar-refractivity contribution in [3.63, 3.8) is 0 Å². The van der Waals surface area contributed by atoms with E-state index in [0.717, 1.165) is 24.9 Å². The van der Waals surface area contributed by atoms with Crippen LogP contribution in [0.3, 0.4) is 0 Å². The number of hydrogen-bond donors (Lipinski definition) is 1. The Bertz CT molecular complexity index is 1350. The van der Waals surface area contributed by atoms with Gasteiger partial charge in [-0.05, 0) is 62.5 Å². The van der Waals surface area contributed by atoms with Crippen molar-refractivity contribution in [3.05, 3.63) is 72.1 Å². The van der Waals surface area contributed by atoms with Crippen molar-refractivity contribution in [1.82, 2.24) is 24.8 Å². The summed E-state index contributed by atoms with van der Waals surface area (Å²) in [6.07, 6.45) is 3.95. The summed E-state index contributed by atoms with van der Waals surface area (Å²) in [6, 6.07) is 10.9. The Balaban J connectivity index is 1.42. The molecule has 1 aliphatic rings. The van der Waals surface area contributed by atoms with E-state index >= 15 is 4.39 Å². The highest BCUT2D eigenvalue weighted by atomic mass is 19.1. The maximum Gasteiger partial charge on any atom is 0.253 e. The zero-order valence-electron chi connectivity index (χ0n) is 18.3. The van der Waals surface area contributed by atoms with Gasteiger partial charge in [-0.3, -0.25) is 9.78 Å². The van der Waals surface area contributed by atoms with Crippen LogP contribution in [0.25, 0.3) is 33.5 Å². The number of rotatable bonds is 4. The van der Waals surface area contributed by atoms with Crippen molar-refractivity contribution in [3.8, 4) is 22.6 Å². The molecule has 0 radical (unpaired) electrons. The second kappa shape index (κ2) is 8.37. The Morgan fingerprint density at radius 2 is 1.94 bits per heavy atom. The number of hydrogen-bond acceptors (Lipinski definition) is 4. The molecule has 1 amide bonds. The highest BCUT2D eigenvalue weighted by Gasteiger charge is 2.27. The Kier molecular flexibility index (Phi) is 5.38. The average molecular weight is 447 g/mol. The Morgan fingerprint density at radius 3 is 2.70 bits per heavy atom. The molecule has 4 aromatic rings. The Morgan fingerprint density at radius 1 is 1.12 bits per heavy atom. The Hall–Kier alpha value is -3.65. The standard InChI is InChI=1S/C25H23F2N5O/c1-31-8-7-18(14-31)32(2)25(33)16-4-6-19(20(27)9-16)23-12-28-13-24(30-23)22-10-15-3-5-17(26)11-21(15)29-22/h3-6,9-13,18,29H,7-8,14H2,1-2H3. The molecule has 2 aromatic heterocycles. The van der Waals surface area contributed by atoms with E-state index < -0.39 is 5.82 Å². The summed E-state index contributed by atoms with van der Waals surface area (Å²) in [4.78, 5) is 28.6. The van der Waals surface area contributed by atoms with Gasteiger partial charge in [-0.1, -0.05) is 0 Å². The monoisotopic (exact) mass is 447 g/mol. The van der Waals surface area contributed by atoms with Crippen LogP contribution in [0, 0.1) is 11.6 Å². The zero-order valence-corrected chi connectivity index (χ0v) is 18.3. The van der Waals surface area contributed by atoms with Crippen molar-refractivity contribution >= 4 is 16.8 Å². The number of halogens is 2. The van der Waals surface area contributed by atoms with Crippen LogP contribution in [-0.4, -0.2) is 63.9 Å². The third-order valence-corrected chi connectivity index (χ3v) is 6.22. The first-order valence-corrected chi connectivity index (χ1v) is 10.8. The smallest absolute Gasteiger partial charge is 0.253 e. The molecule has 1 aliphatic heterocycles. The van der Waals surface area contributed by atoms with Crippen molar-refractivity contribution in [2.24, 2.45) is 0 Å². The van der Waals surface area contributed by atoms with Crippen LogP contribution >= 0.6 is 0 Å². The number of likely N-dealkylation sites (N-methyl/N-ethyl adjacent to an activating group) is 2. The molecule has 168 valence electrons. The first kappa shape index (κ1) is 21.2. The van der Waals surface area contributed by atoms with E-state index in [2.05, 4.69) is 19.9 Å². The van der Waals surface area contributed by atoms with Gasteiger partial charge in [0.05, 0.1) is 23.8 Å². The highest BCUT2D eigenvalue weighted by molar-refractivity contribution is 5.95. The molecular formula is C25H23F2N5O. The molecule has 1 N–H and O–H groups in total. The van der Waals surface area contributed by atoms with Gasteiger partial charge in [0, 0.05) is 41.7 Å². The van der Waals surface area contributed by atoms with Crippen molar-refractivity contribution in [2.45, 2.75) is 12.5 Å². The number of carbonyl (C=O) groups excluding carboxylic acids is 1. The number of H-pyrrole nitrogens is 1. The lowest BCUT2D eigenvalue weighted by Crippen LogP contribution is -2.38. The molecule has 1 unspecified atom stereocenters. The lowest BCUT2D eigenvalue weighted by molar-refractivity contribution is 0.0737. The minimum absolute atomic E-state index is 0.123. The summed E-state index contributed by atoms with van der Waals surface area (Å²) in [5.41, 5.74) is 2.71. The minimum Gasteiger partial charge on any atom is -0.353 e. The predicted molar refractivity (Wildman–Crippen MR) is 123 cm³/mol. The molecule has 0 saturated carbocycles. The fourth-order valence-corrected chi connectivity index (χ4v) is 4.32. The van der Waals surface area contributed by atoms with Gasteiger partial charge in [-0.25, -0.2) is 13.8 Å². The molecule has 8 heteroatoms. The van der Waals surface area contributed by atoms with Gasteiger partial charge in [-0.2, -0.15) is 0 Å². The van der Waals surface area contributed by atoms with E-state index in [0.29, 0.717) is 28.2 Å². The number of aromatic nitrogens is 3. The summed E-state index contributed by atoms with van der Waals surface area (Å²) in [6.45, 7) is 1.75. The van der Waals surface area contributed by atoms with Crippen LogP contribution in [0.5, 0.6) is 0 Å². The maximum atomic E-state index is 15.0. The van der Waals surface area contributed by atoms with Gasteiger partial charge in [0.1, 0.15) is 17.3 Å². The first-order chi connectivity index (χ1) is 15.9. The molecule has 33 heavy (non-hydrogen) atoms. The maximum absolute atomic E-state index is 15.0. The van der Waals surface area contributed by atoms with Crippen molar-refractivity contribution in [1.29, 1.82) is 0 Å². The summed E-state index contributed by atoms with van der Waals surface area (Å²) >= 11 is 0. The molecule has 1 atom stereocenters. The number of nitrogens with zero attached hydrogens (tertiary/aromatic N) is 4. The second-order valence-electron chi connectivity index (χ2n) is 8.52. The molecular weight excluding hydrogens is 424 g/mol. The van der Waals surface area contributed by atoms with Crippen LogP contribution in [0.1, 0.15) is 16.8 Å². The fourth-order valence-electron chi connectivity index (χ4n) is 4.32. The summed E-state index contributed by atoms with van der Waals surface area (Å²) < 4.78 is 28.6. The molecule has 1 fully saturated rings. The molecule has 0 aliphatic carbocycles. The molecule has 2 aromatic carbocycles. The van der Waals surface area contributed by atoms with Crippen LogP contribution in [0.15, 0.2) is 54.9 Å². The molecule has 1 saturated heterocycles. The topological polar surface area (TPSA) is 65.1 Å². The molecule has 3 heterocycles. The number of benzene rings is 2. The number of aromatic amines is 1. The molecule has 0 bridgehead atoms. The van der Waals surface area contributed by atoms with Crippen molar-refractivity contribution < 1.29 is 13.6 Å². The van der Waals surface area contributed by atoms with E-state index in [1.165, 1.54) is 24.4 Å². The first-order valence-electron chi connectivity index (χ1n) is 10.8. The third kappa shape index (κ3) is 4.09. The lowest BCUT2D eigenvalue weighted by Gasteiger charge is -2.24. The largest absolute Gasteiger partial charge is 0.353 e. The highest BCUT2D eigenvalue weighted by Crippen LogP contribution is 2.27. The van der Waals surface area contributed by atoms with Crippen LogP contribution in [0.2, 0.25) is 0 Å². The Labute approximate surface area is 189 Å². The number of nitrogens with one attached hydrogen (secondary N) is 1. The minimum atomic E-state index is -0.539. The number of fused-ring (bicyclic) bond motifs is 1. The van der Waals surface area contributed by atoms with Crippen LogP contribution in [0.4, 0.5) is 8.78 Å². The number of carbonyl (C=O) groups is 1. The lowest BCUT2D eigenvalue weighted by atomic mass is 10.1. The van der Waals surface area contributed by atoms with Gasteiger partial charge in [0.15, 0.2) is 0 Å². The van der Waals surface area contributed by atoms with E-state index in [9.17, 15) is 9.18 Å². The van der Waals surface area contributed by atoms with Crippen LogP contribution < -0.4 is 0 Å². The summed E-state index contributed by atoms with van der Waals surface area (Å²) in [5, 5.41) is 0.838. The van der Waals surface area contributed by atoms with Gasteiger partial charge >= 0.3 is 0 Å². The molecule has 5 rings (SSSR count). The summed E-state index contributed by atoms with van der Waals surface area (Å²) in [5.74, 6) is -1.08. The summed E-state index contributed by atoms with van der Waals surface area (Å²) in [7, 11) is 3.79.